The van der Waals surface area contributed by atoms with Crippen LogP contribution in [0.4, 0.5) is 4.39 Å². The fraction of sp³-hybridized carbons (Fsp3) is 0. The van der Waals surface area contributed by atoms with E-state index in [-0.39, 0.29) is 11.4 Å². The van der Waals surface area contributed by atoms with Gasteiger partial charge in [0.2, 0.25) is 0 Å². The number of aromatic nitrogens is 2. The van der Waals surface area contributed by atoms with Gasteiger partial charge in [0.15, 0.2) is 0 Å². The quantitative estimate of drug-likeness (QED) is 0.774. The molecule has 1 heterocycles. The van der Waals surface area contributed by atoms with Gasteiger partial charge in [-0.25, -0.2) is 9.37 Å². The summed E-state index contributed by atoms with van der Waals surface area (Å²) >= 11 is 0. The van der Waals surface area contributed by atoms with E-state index in [1.165, 1.54) is 12.1 Å². The van der Waals surface area contributed by atoms with E-state index in [9.17, 15) is 9.18 Å². The van der Waals surface area contributed by atoms with Crippen LogP contribution in [0.15, 0.2) is 53.3 Å². The lowest BCUT2D eigenvalue weighted by Crippen LogP contribution is -2.11. The van der Waals surface area contributed by atoms with Gasteiger partial charge in [-0.05, 0) is 35.9 Å². The van der Waals surface area contributed by atoms with Gasteiger partial charge in [0.25, 0.3) is 5.56 Å². The van der Waals surface area contributed by atoms with E-state index in [4.69, 9.17) is 0 Å². The number of nitrogens with zero attached hydrogens (tertiary/aromatic N) is 1. The van der Waals surface area contributed by atoms with Crippen LogP contribution in [0.5, 0.6) is 0 Å². The molecule has 0 saturated heterocycles. The van der Waals surface area contributed by atoms with Crippen molar-refractivity contribution in [2.24, 2.45) is 0 Å². The molecular weight excluding hydrogens is 255 g/mol. The Morgan fingerprint density at radius 2 is 1.75 bits per heavy atom. The SMILES string of the molecule is O=c1[nH]c2ccccc2nc1/C=C/c1ccc(F)cc1. The molecule has 0 atom stereocenters. The maximum absolute atomic E-state index is 12.8. The van der Waals surface area contributed by atoms with E-state index in [0.29, 0.717) is 11.2 Å². The second-order valence-corrected chi connectivity index (χ2v) is 4.35. The van der Waals surface area contributed by atoms with Crippen molar-refractivity contribution < 1.29 is 4.39 Å². The van der Waals surface area contributed by atoms with Crippen molar-refractivity contribution in [3.8, 4) is 0 Å². The lowest BCUT2D eigenvalue weighted by molar-refractivity contribution is 0.628. The average molecular weight is 266 g/mol. The summed E-state index contributed by atoms with van der Waals surface area (Å²) in [5, 5.41) is 0. The minimum Gasteiger partial charge on any atom is -0.319 e. The maximum Gasteiger partial charge on any atom is 0.274 e. The van der Waals surface area contributed by atoms with E-state index >= 15 is 0 Å². The minimum atomic E-state index is -0.288. The van der Waals surface area contributed by atoms with Crippen molar-refractivity contribution >= 4 is 23.2 Å². The fourth-order valence-corrected chi connectivity index (χ4v) is 1.91. The molecule has 98 valence electrons. The molecule has 1 aromatic heterocycles. The molecule has 3 rings (SSSR count). The number of hydrogen-bond acceptors (Lipinski definition) is 2. The van der Waals surface area contributed by atoms with E-state index in [0.717, 1.165) is 11.1 Å². The van der Waals surface area contributed by atoms with Crippen molar-refractivity contribution in [3.05, 3.63) is 76.0 Å². The zero-order valence-corrected chi connectivity index (χ0v) is 10.5. The molecule has 0 saturated carbocycles. The highest BCUT2D eigenvalue weighted by molar-refractivity contribution is 5.76. The first-order valence-electron chi connectivity index (χ1n) is 6.15. The predicted octanol–water partition coefficient (Wildman–Crippen LogP) is 3.23. The Labute approximate surface area is 114 Å². The summed E-state index contributed by atoms with van der Waals surface area (Å²) in [6.45, 7) is 0. The molecule has 3 nitrogen and oxygen atoms in total. The van der Waals surface area contributed by atoms with Crippen LogP contribution in [0.2, 0.25) is 0 Å². The lowest BCUT2D eigenvalue weighted by Gasteiger charge is -1.98. The molecule has 0 unspecified atom stereocenters. The largest absolute Gasteiger partial charge is 0.319 e. The zero-order valence-electron chi connectivity index (χ0n) is 10.5. The molecule has 0 fully saturated rings. The number of fused-ring (bicyclic) bond motifs is 1. The first-order valence-corrected chi connectivity index (χ1v) is 6.15. The third-order valence-corrected chi connectivity index (χ3v) is 2.93. The normalized spacial score (nSPS) is 11.2. The number of halogens is 1. The maximum atomic E-state index is 12.8. The summed E-state index contributed by atoms with van der Waals surface area (Å²) in [4.78, 5) is 19.0. The first-order chi connectivity index (χ1) is 9.72. The lowest BCUT2D eigenvalue weighted by atomic mass is 10.2. The second-order valence-electron chi connectivity index (χ2n) is 4.35. The molecule has 0 aliphatic heterocycles. The predicted molar refractivity (Wildman–Crippen MR) is 77.7 cm³/mol. The highest BCUT2D eigenvalue weighted by atomic mass is 19.1. The molecule has 2 aromatic carbocycles. The molecule has 20 heavy (non-hydrogen) atoms. The van der Waals surface area contributed by atoms with Crippen LogP contribution < -0.4 is 5.56 Å². The highest BCUT2D eigenvalue weighted by Crippen LogP contribution is 2.09. The summed E-state index contributed by atoms with van der Waals surface area (Å²) < 4.78 is 12.8. The van der Waals surface area contributed by atoms with Gasteiger partial charge in [0, 0.05) is 0 Å². The Bertz CT molecular complexity index is 835. The van der Waals surface area contributed by atoms with Gasteiger partial charge in [-0.15, -0.1) is 0 Å². The zero-order chi connectivity index (χ0) is 13.9. The Hall–Kier alpha value is -2.75. The van der Waals surface area contributed by atoms with Crippen molar-refractivity contribution in [2.75, 3.05) is 0 Å². The molecule has 0 radical (unpaired) electrons. The van der Waals surface area contributed by atoms with Gasteiger partial charge in [-0.2, -0.15) is 0 Å². The number of H-pyrrole nitrogens is 1. The molecule has 4 heteroatoms. The van der Waals surface area contributed by atoms with Gasteiger partial charge in [0.05, 0.1) is 11.0 Å². The minimum absolute atomic E-state index is 0.248. The Morgan fingerprint density at radius 1 is 1.00 bits per heavy atom. The second kappa shape index (κ2) is 5.09. The van der Waals surface area contributed by atoms with Crippen LogP contribution in [-0.2, 0) is 0 Å². The topological polar surface area (TPSA) is 45.8 Å². The van der Waals surface area contributed by atoms with Crippen LogP contribution >= 0.6 is 0 Å². The Morgan fingerprint density at radius 3 is 2.55 bits per heavy atom. The number of rotatable bonds is 2. The van der Waals surface area contributed by atoms with E-state index in [2.05, 4.69) is 9.97 Å². The third-order valence-electron chi connectivity index (χ3n) is 2.93. The third kappa shape index (κ3) is 2.49. The summed E-state index contributed by atoms with van der Waals surface area (Å²) in [6, 6.07) is 13.4. The summed E-state index contributed by atoms with van der Waals surface area (Å²) in [7, 11) is 0. The van der Waals surface area contributed by atoms with Crippen molar-refractivity contribution in [1.29, 1.82) is 0 Å². The van der Waals surface area contributed by atoms with Crippen LogP contribution in [0.1, 0.15) is 11.3 Å². The first kappa shape index (κ1) is 12.3. The van der Waals surface area contributed by atoms with Crippen LogP contribution in [0.25, 0.3) is 23.2 Å². The van der Waals surface area contributed by atoms with Gasteiger partial charge in [-0.1, -0.05) is 30.3 Å². The molecule has 1 N–H and O–H groups in total. The Balaban J connectivity index is 2.00. The standard InChI is InChI=1S/C16H11FN2O/c17-12-8-5-11(6-9-12)7-10-15-16(20)19-14-4-2-1-3-13(14)18-15/h1-10H,(H,19,20)/b10-7+. The van der Waals surface area contributed by atoms with Crippen LogP contribution in [0.3, 0.4) is 0 Å². The van der Waals surface area contributed by atoms with Crippen LogP contribution in [-0.4, -0.2) is 9.97 Å². The van der Waals surface area contributed by atoms with Gasteiger partial charge in [-0.3, -0.25) is 4.79 Å². The summed E-state index contributed by atoms with van der Waals surface area (Å²) in [6.07, 6.45) is 3.35. The monoisotopic (exact) mass is 266 g/mol. The number of aromatic amines is 1. The fourth-order valence-electron chi connectivity index (χ4n) is 1.91. The molecule has 3 aromatic rings. The van der Waals surface area contributed by atoms with Crippen molar-refractivity contribution in [3.63, 3.8) is 0 Å². The number of nitrogens with one attached hydrogen (secondary N) is 1. The molecule has 0 spiro atoms. The van der Waals surface area contributed by atoms with Crippen molar-refractivity contribution in [2.45, 2.75) is 0 Å². The number of hydrogen-bond donors (Lipinski definition) is 1. The van der Waals surface area contributed by atoms with Gasteiger partial charge >= 0.3 is 0 Å². The van der Waals surface area contributed by atoms with E-state index in [1.807, 2.05) is 18.2 Å². The molecular formula is C16H11FN2O. The molecule has 0 amide bonds. The van der Waals surface area contributed by atoms with Gasteiger partial charge < -0.3 is 4.98 Å². The van der Waals surface area contributed by atoms with E-state index < -0.39 is 0 Å². The van der Waals surface area contributed by atoms with Crippen molar-refractivity contribution in [1.82, 2.24) is 9.97 Å². The number of benzene rings is 2. The smallest absolute Gasteiger partial charge is 0.274 e. The molecule has 0 aliphatic rings. The van der Waals surface area contributed by atoms with Crippen LogP contribution in [0, 0.1) is 5.82 Å². The Kier molecular flexibility index (Phi) is 3.13. The summed E-state index contributed by atoms with van der Waals surface area (Å²) in [5.41, 5.74) is 2.32. The molecule has 0 aliphatic carbocycles. The number of para-hydroxylation sites is 2. The average Bonchev–Trinajstić information content (AvgIpc) is 2.47. The van der Waals surface area contributed by atoms with E-state index in [1.54, 1.807) is 30.4 Å². The highest BCUT2D eigenvalue weighted by Gasteiger charge is 2.00. The summed E-state index contributed by atoms with van der Waals surface area (Å²) in [5.74, 6) is -0.288. The van der Waals surface area contributed by atoms with Gasteiger partial charge in [0.1, 0.15) is 11.5 Å². The molecule has 0 bridgehead atoms.